The second-order valence-corrected chi connectivity index (χ2v) is 5.90. The maximum atomic E-state index is 12.2. The van der Waals surface area contributed by atoms with E-state index in [1.54, 1.807) is 0 Å². The van der Waals surface area contributed by atoms with Gasteiger partial charge in [0.15, 0.2) is 12.0 Å². The van der Waals surface area contributed by atoms with Crippen LogP contribution in [-0.4, -0.2) is 55.2 Å². The number of hydrogen-bond acceptors (Lipinski definition) is 7. The highest BCUT2D eigenvalue weighted by Gasteiger charge is 2.54. The predicted octanol–water partition coefficient (Wildman–Crippen LogP) is -0.0816. The first kappa shape index (κ1) is 15.2. The molecule has 2 aliphatic heterocycles. The molecule has 10 heteroatoms. The number of nitrogens with zero attached hydrogens (tertiary/aromatic N) is 2. The van der Waals surface area contributed by atoms with Gasteiger partial charge in [0.1, 0.15) is 17.1 Å². The Labute approximate surface area is 133 Å². The van der Waals surface area contributed by atoms with E-state index in [4.69, 9.17) is 0 Å². The Morgan fingerprint density at radius 3 is 2.87 bits per heavy atom. The van der Waals surface area contributed by atoms with Gasteiger partial charge < -0.3 is 20.1 Å². The number of β-lactam (4-membered cyclic amide) rings is 1. The van der Waals surface area contributed by atoms with Crippen molar-refractivity contribution in [3.63, 3.8) is 0 Å². The van der Waals surface area contributed by atoms with E-state index in [9.17, 15) is 24.6 Å². The van der Waals surface area contributed by atoms with Gasteiger partial charge in [-0.05, 0) is 5.57 Å². The molecule has 0 aromatic carbocycles. The van der Waals surface area contributed by atoms with Crippen LogP contribution in [0.4, 0.5) is 0 Å². The number of carboxylic acid groups (broad SMARTS) is 1. The first-order chi connectivity index (χ1) is 11.0. The molecule has 0 saturated carbocycles. The Hall–Kier alpha value is -2.75. The Balaban J connectivity index is 1.80. The molecule has 23 heavy (non-hydrogen) atoms. The number of carbonyl (C=O) groups is 3. The van der Waals surface area contributed by atoms with Crippen LogP contribution in [0.5, 0.6) is 5.75 Å². The van der Waals surface area contributed by atoms with E-state index in [-0.39, 0.29) is 11.4 Å². The molecule has 0 radical (unpaired) electrons. The molecular formula is C13H11N3O6S. The summed E-state index contributed by atoms with van der Waals surface area (Å²) in [4.78, 5) is 36.7. The summed E-state index contributed by atoms with van der Waals surface area (Å²) in [5.41, 5.74) is -0.00704. The first-order valence-electron chi connectivity index (χ1n) is 6.43. The van der Waals surface area contributed by atoms with Crippen LogP contribution in [0.3, 0.4) is 0 Å². The van der Waals surface area contributed by atoms with Gasteiger partial charge in [-0.1, -0.05) is 17.8 Å². The topological polar surface area (TPSA) is 133 Å². The van der Waals surface area contributed by atoms with Gasteiger partial charge in [-0.3, -0.25) is 14.5 Å². The van der Waals surface area contributed by atoms with Crippen molar-refractivity contribution in [2.45, 2.75) is 11.4 Å². The number of aromatic nitrogens is 1. The third-order valence-electron chi connectivity index (χ3n) is 3.50. The zero-order chi connectivity index (χ0) is 16.7. The van der Waals surface area contributed by atoms with Crippen molar-refractivity contribution in [1.29, 1.82) is 0 Å². The average Bonchev–Trinajstić information content (AvgIpc) is 2.96. The van der Waals surface area contributed by atoms with Gasteiger partial charge in [0.2, 0.25) is 5.69 Å². The van der Waals surface area contributed by atoms with Gasteiger partial charge in [-0.25, -0.2) is 4.79 Å². The molecule has 1 aromatic heterocycles. The number of fused-ring (bicyclic) bond motifs is 1. The van der Waals surface area contributed by atoms with Crippen LogP contribution in [0.1, 0.15) is 10.5 Å². The standard InChI is InChI=1S/C13H11N3O6S/c1-2-5-4-23-12-8(11(19)16(12)9(5)13(20)21)14-10(18)7-6(17)3-22-15-7/h2-3,8,12,17H,1,4H2,(H,14,18)(H,20,21). The minimum absolute atomic E-state index is 0.122. The Kier molecular flexibility index (Phi) is 3.60. The van der Waals surface area contributed by atoms with Crippen LogP contribution in [0.15, 0.2) is 34.7 Å². The molecule has 1 aromatic rings. The maximum Gasteiger partial charge on any atom is 0.352 e. The fourth-order valence-corrected chi connectivity index (χ4v) is 3.74. The van der Waals surface area contributed by atoms with Crippen LogP contribution in [0.25, 0.3) is 0 Å². The molecule has 0 bridgehead atoms. The van der Waals surface area contributed by atoms with Gasteiger partial charge in [0.05, 0.1) is 0 Å². The van der Waals surface area contributed by atoms with Gasteiger partial charge >= 0.3 is 5.97 Å². The molecule has 1 fully saturated rings. The quantitative estimate of drug-likeness (QED) is 0.650. The lowest BCUT2D eigenvalue weighted by Crippen LogP contribution is -2.70. The number of nitrogens with one attached hydrogen (secondary N) is 1. The van der Waals surface area contributed by atoms with Crippen molar-refractivity contribution in [1.82, 2.24) is 15.4 Å². The normalized spacial score (nSPS) is 23.1. The fraction of sp³-hybridized carbons (Fsp3) is 0.231. The van der Waals surface area contributed by atoms with E-state index in [1.165, 1.54) is 17.8 Å². The number of thioether (sulfide) groups is 1. The molecule has 3 heterocycles. The van der Waals surface area contributed by atoms with Crippen molar-refractivity contribution in [3.05, 3.63) is 35.9 Å². The summed E-state index contributed by atoms with van der Waals surface area (Å²) in [7, 11) is 0. The van der Waals surface area contributed by atoms with Crippen LogP contribution < -0.4 is 5.32 Å². The number of hydrogen-bond donors (Lipinski definition) is 3. The van der Waals surface area contributed by atoms with Gasteiger partial charge in [-0.2, -0.15) is 0 Å². The van der Waals surface area contributed by atoms with E-state index in [1.807, 2.05) is 0 Å². The number of carboxylic acids is 1. The minimum Gasteiger partial charge on any atom is -0.503 e. The monoisotopic (exact) mass is 337 g/mol. The molecule has 0 aliphatic carbocycles. The van der Waals surface area contributed by atoms with E-state index in [0.29, 0.717) is 11.3 Å². The lowest BCUT2D eigenvalue weighted by molar-refractivity contribution is -0.148. The molecule has 2 atom stereocenters. The molecule has 1 saturated heterocycles. The predicted molar refractivity (Wildman–Crippen MR) is 77.4 cm³/mol. The minimum atomic E-state index is -1.22. The number of allylic oxidation sites excluding steroid dienone is 1. The molecular weight excluding hydrogens is 326 g/mol. The number of amides is 2. The third kappa shape index (κ3) is 2.27. The summed E-state index contributed by atoms with van der Waals surface area (Å²) in [6.07, 6.45) is 2.29. The van der Waals surface area contributed by atoms with E-state index in [2.05, 4.69) is 21.6 Å². The number of aliphatic carboxylic acids is 1. The third-order valence-corrected chi connectivity index (χ3v) is 4.80. The molecule has 3 rings (SSSR count). The van der Waals surface area contributed by atoms with Crippen LogP contribution in [0, 0.1) is 0 Å². The SMILES string of the molecule is C=CC1=C(C(=O)O)N2C(=O)C(NC(=O)c3nocc3O)C2SC1. The molecule has 2 unspecified atom stereocenters. The molecule has 2 amide bonds. The summed E-state index contributed by atoms with van der Waals surface area (Å²) >= 11 is 1.31. The average molecular weight is 337 g/mol. The highest BCUT2D eigenvalue weighted by molar-refractivity contribution is 8.00. The second-order valence-electron chi connectivity index (χ2n) is 4.79. The molecule has 2 aliphatic rings. The largest absolute Gasteiger partial charge is 0.503 e. The second kappa shape index (κ2) is 5.47. The summed E-state index contributed by atoms with van der Waals surface area (Å²) in [6, 6.07) is -0.899. The van der Waals surface area contributed by atoms with Crippen molar-refractivity contribution in [3.8, 4) is 5.75 Å². The van der Waals surface area contributed by atoms with Crippen molar-refractivity contribution in [2.24, 2.45) is 0 Å². The summed E-state index contributed by atoms with van der Waals surface area (Å²) in [5, 5.41) is 23.9. The van der Waals surface area contributed by atoms with Gasteiger partial charge in [0.25, 0.3) is 11.8 Å². The van der Waals surface area contributed by atoms with Crippen LogP contribution >= 0.6 is 11.8 Å². The molecule has 3 N–H and O–H groups in total. The zero-order valence-electron chi connectivity index (χ0n) is 11.6. The van der Waals surface area contributed by atoms with E-state index >= 15 is 0 Å². The Morgan fingerprint density at radius 2 is 2.30 bits per heavy atom. The lowest BCUT2D eigenvalue weighted by Gasteiger charge is -2.49. The molecule has 120 valence electrons. The number of aromatic hydroxyl groups is 1. The lowest BCUT2D eigenvalue weighted by atomic mass is 10.0. The summed E-state index contributed by atoms with van der Waals surface area (Å²) in [6.45, 7) is 3.55. The molecule has 9 nitrogen and oxygen atoms in total. The first-order valence-corrected chi connectivity index (χ1v) is 7.48. The van der Waals surface area contributed by atoms with E-state index in [0.717, 1.165) is 11.2 Å². The summed E-state index contributed by atoms with van der Waals surface area (Å²) < 4.78 is 4.45. The highest BCUT2D eigenvalue weighted by atomic mass is 32.2. The zero-order valence-corrected chi connectivity index (χ0v) is 12.4. The smallest absolute Gasteiger partial charge is 0.352 e. The van der Waals surface area contributed by atoms with Crippen LogP contribution in [-0.2, 0) is 9.59 Å². The van der Waals surface area contributed by atoms with Crippen LogP contribution in [0.2, 0.25) is 0 Å². The maximum absolute atomic E-state index is 12.2. The van der Waals surface area contributed by atoms with Crippen molar-refractivity contribution >= 4 is 29.5 Å². The fourth-order valence-electron chi connectivity index (χ4n) is 2.40. The Morgan fingerprint density at radius 1 is 1.57 bits per heavy atom. The number of rotatable bonds is 4. The highest BCUT2D eigenvalue weighted by Crippen LogP contribution is 2.40. The number of carbonyl (C=O) groups excluding carboxylic acids is 2. The molecule has 0 spiro atoms. The van der Waals surface area contributed by atoms with Crippen molar-refractivity contribution in [2.75, 3.05) is 5.75 Å². The van der Waals surface area contributed by atoms with Gasteiger partial charge in [-0.15, -0.1) is 11.8 Å². The Bertz CT molecular complexity index is 755. The van der Waals surface area contributed by atoms with Crippen molar-refractivity contribution < 1.29 is 29.1 Å². The van der Waals surface area contributed by atoms with E-state index < -0.39 is 34.9 Å². The van der Waals surface area contributed by atoms with Gasteiger partial charge in [0, 0.05) is 5.75 Å². The summed E-state index contributed by atoms with van der Waals surface area (Å²) in [5.74, 6) is -2.62.